The topological polar surface area (TPSA) is 31.2 Å². The zero-order valence-electron chi connectivity index (χ0n) is 8.45. The molecule has 0 atom stereocenters. The zero-order chi connectivity index (χ0) is 11.0. The van der Waals surface area contributed by atoms with Gasteiger partial charge in [0.15, 0.2) is 5.75 Å². The monoisotopic (exact) mass is 315 g/mol. The predicted octanol–water partition coefficient (Wildman–Crippen LogP) is 2.71. The van der Waals surface area contributed by atoms with Crippen LogP contribution in [-0.4, -0.2) is 10.5 Å². The fraction of sp³-hybridized carbons (Fsp3) is 0.182. The van der Waals surface area contributed by atoms with E-state index in [1.165, 1.54) is 6.92 Å². The van der Waals surface area contributed by atoms with Gasteiger partial charge in [0, 0.05) is 23.7 Å². The van der Waals surface area contributed by atoms with E-state index < -0.39 is 0 Å². The van der Waals surface area contributed by atoms with Crippen molar-refractivity contribution in [3.8, 4) is 5.75 Å². The highest BCUT2D eigenvalue weighted by Gasteiger charge is 2.11. The summed E-state index contributed by atoms with van der Waals surface area (Å²) in [7, 11) is 1.94. The maximum absolute atomic E-state index is 10.9. The number of esters is 1. The number of carbonyl (C=O) groups is 1. The number of benzene rings is 1. The molecule has 0 amide bonds. The van der Waals surface area contributed by atoms with Gasteiger partial charge in [0.05, 0.1) is 10.9 Å². The maximum Gasteiger partial charge on any atom is 0.308 e. The third-order valence-electron chi connectivity index (χ3n) is 2.18. The van der Waals surface area contributed by atoms with Crippen LogP contribution in [0.5, 0.6) is 5.75 Å². The summed E-state index contributed by atoms with van der Waals surface area (Å²) in [5, 5.41) is 0.996. The molecule has 2 aromatic rings. The summed E-state index contributed by atoms with van der Waals surface area (Å²) in [6.45, 7) is 1.41. The molecule has 2 rings (SSSR count). The van der Waals surface area contributed by atoms with Crippen molar-refractivity contribution < 1.29 is 9.53 Å². The van der Waals surface area contributed by atoms with E-state index in [1.54, 1.807) is 0 Å². The molecule has 0 radical (unpaired) electrons. The van der Waals surface area contributed by atoms with Gasteiger partial charge in [-0.15, -0.1) is 0 Å². The molecule has 1 aromatic heterocycles. The zero-order valence-corrected chi connectivity index (χ0v) is 10.6. The second-order valence-electron chi connectivity index (χ2n) is 3.33. The van der Waals surface area contributed by atoms with Crippen molar-refractivity contribution in [2.45, 2.75) is 6.92 Å². The lowest BCUT2D eigenvalue weighted by molar-refractivity contribution is -0.131. The van der Waals surface area contributed by atoms with Crippen LogP contribution in [-0.2, 0) is 11.8 Å². The number of ether oxygens (including phenoxy) is 1. The standard InChI is InChI=1S/C11H10INO2/c1-7(14)15-10-6-13(2)9-5-3-4-8(12)11(9)10/h3-6H,1-2H3. The first-order chi connectivity index (χ1) is 7.09. The normalized spacial score (nSPS) is 10.6. The number of rotatable bonds is 1. The Morgan fingerprint density at radius 2 is 2.20 bits per heavy atom. The molecule has 0 N–H and O–H groups in total. The maximum atomic E-state index is 10.9. The second-order valence-corrected chi connectivity index (χ2v) is 4.49. The first-order valence-corrected chi connectivity index (χ1v) is 5.59. The lowest BCUT2D eigenvalue weighted by atomic mass is 10.2. The van der Waals surface area contributed by atoms with Gasteiger partial charge in [-0.25, -0.2) is 0 Å². The van der Waals surface area contributed by atoms with E-state index in [2.05, 4.69) is 22.6 Å². The lowest BCUT2D eigenvalue weighted by Crippen LogP contribution is -2.00. The fourth-order valence-corrected chi connectivity index (χ4v) is 2.34. The van der Waals surface area contributed by atoms with Crippen LogP contribution in [0.15, 0.2) is 24.4 Å². The molecule has 1 aromatic carbocycles. The molecular weight excluding hydrogens is 305 g/mol. The minimum absolute atomic E-state index is 0.290. The number of hydrogen-bond donors (Lipinski definition) is 0. The molecule has 0 bridgehead atoms. The molecule has 0 aliphatic heterocycles. The quantitative estimate of drug-likeness (QED) is 0.598. The Kier molecular flexibility index (Phi) is 2.68. The number of fused-ring (bicyclic) bond motifs is 1. The Morgan fingerprint density at radius 1 is 1.47 bits per heavy atom. The Morgan fingerprint density at radius 3 is 2.87 bits per heavy atom. The van der Waals surface area contributed by atoms with Crippen LogP contribution in [0.3, 0.4) is 0 Å². The number of aromatic nitrogens is 1. The molecule has 0 aliphatic carbocycles. The highest BCUT2D eigenvalue weighted by Crippen LogP contribution is 2.31. The number of aryl methyl sites for hydroxylation is 1. The molecule has 0 unspecified atom stereocenters. The molecule has 3 nitrogen and oxygen atoms in total. The van der Waals surface area contributed by atoms with E-state index in [4.69, 9.17) is 4.74 Å². The molecule has 4 heteroatoms. The van der Waals surface area contributed by atoms with Gasteiger partial charge in [-0.2, -0.15) is 0 Å². The van der Waals surface area contributed by atoms with Gasteiger partial charge >= 0.3 is 5.97 Å². The van der Waals surface area contributed by atoms with E-state index in [0.717, 1.165) is 14.5 Å². The van der Waals surface area contributed by atoms with Crippen molar-refractivity contribution in [2.75, 3.05) is 0 Å². The molecule has 0 fully saturated rings. The fourth-order valence-electron chi connectivity index (χ4n) is 1.59. The molecule has 0 saturated heterocycles. The van der Waals surface area contributed by atoms with Crippen LogP contribution < -0.4 is 4.74 Å². The predicted molar refractivity (Wildman–Crippen MR) is 66.9 cm³/mol. The van der Waals surface area contributed by atoms with E-state index in [9.17, 15) is 4.79 Å². The van der Waals surface area contributed by atoms with Crippen LogP contribution in [0.4, 0.5) is 0 Å². The van der Waals surface area contributed by atoms with Crippen molar-refractivity contribution in [3.63, 3.8) is 0 Å². The Balaban J connectivity index is 2.70. The second kappa shape index (κ2) is 3.84. The molecule has 78 valence electrons. The number of nitrogens with zero attached hydrogens (tertiary/aromatic N) is 1. The van der Waals surface area contributed by atoms with E-state index >= 15 is 0 Å². The van der Waals surface area contributed by atoms with E-state index in [1.807, 2.05) is 36.0 Å². The van der Waals surface area contributed by atoms with Gasteiger partial charge in [0.2, 0.25) is 0 Å². The first-order valence-electron chi connectivity index (χ1n) is 4.51. The molecule has 0 saturated carbocycles. The average molecular weight is 315 g/mol. The highest BCUT2D eigenvalue weighted by atomic mass is 127. The van der Waals surface area contributed by atoms with Gasteiger partial charge in [0.1, 0.15) is 0 Å². The third kappa shape index (κ3) is 1.86. The Labute approximate surface area is 101 Å². The summed E-state index contributed by atoms with van der Waals surface area (Å²) >= 11 is 2.24. The van der Waals surface area contributed by atoms with Crippen LogP contribution in [0, 0.1) is 3.57 Å². The van der Waals surface area contributed by atoms with Crippen LogP contribution in [0.2, 0.25) is 0 Å². The van der Waals surface area contributed by atoms with Crippen molar-refractivity contribution in [2.24, 2.45) is 7.05 Å². The van der Waals surface area contributed by atoms with Crippen molar-refractivity contribution in [1.82, 2.24) is 4.57 Å². The summed E-state index contributed by atoms with van der Waals surface area (Å²) in [6.07, 6.45) is 1.83. The third-order valence-corrected chi connectivity index (χ3v) is 3.08. The van der Waals surface area contributed by atoms with Gasteiger partial charge in [0.25, 0.3) is 0 Å². The molecule has 15 heavy (non-hydrogen) atoms. The summed E-state index contributed by atoms with van der Waals surface area (Å²) in [5.74, 6) is 0.340. The summed E-state index contributed by atoms with van der Waals surface area (Å²) in [5.41, 5.74) is 1.07. The van der Waals surface area contributed by atoms with Crippen LogP contribution in [0.1, 0.15) is 6.92 Å². The lowest BCUT2D eigenvalue weighted by Gasteiger charge is -1.99. The van der Waals surface area contributed by atoms with Gasteiger partial charge in [-0.05, 0) is 34.7 Å². The minimum atomic E-state index is -0.290. The molecule has 0 spiro atoms. The van der Waals surface area contributed by atoms with Gasteiger partial charge < -0.3 is 9.30 Å². The number of halogens is 1. The highest BCUT2D eigenvalue weighted by molar-refractivity contribution is 14.1. The molecule has 1 heterocycles. The van der Waals surface area contributed by atoms with Crippen LogP contribution in [0.25, 0.3) is 10.9 Å². The Bertz CT molecular complexity index is 531. The van der Waals surface area contributed by atoms with E-state index in [-0.39, 0.29) is 5.97 Å². The summed E-state index contributed by atoms with van der Waals surface area (Å²) < 4.78 is 8.20. The largest absolute Gasteiger partial charge is 0.424 e. The molecular formula is C11H10INO2. The molecule has 0 aliphatic rings. The van der Waals surface area contributed by atoms with Gasteiger partial charge in [-0.1, -0.05) is 6.07 Å². The van der Waals surface area contributed by atoms with Gasteiger partial charge in [-0.3, -0.25) is 4.79 Å². The van der Waals surface area contributed by atoms with Crippen LogP contribution >= 0.6 is 22.6 Å². The number of hydrogen-bond acceptors (Lipinski definition) is 2. The smallest absolute Gasteiger partial charge is 0.308 e. The van der Waals surface area contributed by atoms with Crippen molar-refractivity contribution in [1.29, 1.82) is 0 Å². The average Bonchev–Trinajstić information content (AvgIpc) is 2.44. The summed E-state index contributed by atoms with van der Waals surface area (Å²) in [4.78, 5) is 10.9. The minimum Gasteiger partial charge on any atom is -0.424 e. The Hall–Kier alpha value is -1.04. The summed E-state index contributed by atoms with van der Waals surface area (Å²) in [6, 6.07) is 5.99. The number of carbonyl (C=O) groups excluding carboxylic acids is 1. The van der Waals surface area contributed by atoms with Crippen molar-refractivity contribution in [3.05, 3.63) is 28.0 Å². The SMILES string of the molecule is CC(=O)Oc1cn(C)c2cccc(I)c12. The van der Waals surface area contributed by atoms with E-state index in [0.29, 0.717) is 5.75 Å². The first kappa shape index (κ1) is 10.5. The van der Waals surface area contributed by atoms with Crippen molar-refractivity contribution >= 4 is 39.5 Å².